The molecular formula is C17H18ClN3. The smallest absolute Gasteiger partial charge is 0.0478 e. The molecule has 1 heterocycles. The van der Waals surface area contributed by atoms with Crippen LogP contribution in [0.2, 0.25) is 5.02 Å². The summed E-state index contributed by atoms with van der Waals surface area (Å²) in [6.45, 7) is 2.91. The van der Waals surface area contributed by atoms with Gasteiger partial charge in [0.2, 0.25) is 0 Å². The number of H-pyrrole nitrogens is 1. The highest BCUT2D eigenvalue weighted by Gasteiger charge is 2.05. The standard InChI is InChI=1S/C17H18ClN3/c1-11-7-13(18)3-6-16(11)21-14-4-5-15-12(9-19-2)10-20-17(15)8-14/h3-8,10,19-21H,9H2,1-2H3. The molecule has 0 unspecified atom stereocenters. The maximum atomic E-state index is 5.99. The minimum Gasteiger partial charge on any atom is -0.361 e. The van der Waals surface area contributed by atoms with Gasteiger partial charge in [-0.15, -0.1) is 0 Å². The average molecular weight is 300 g/mol. The van der Waals surface area contributed by atoms with Crippen molar-refractivity contribution in [2.24, 2.45) is 0 Å². The second-order valence-corrected chi connectivity index (χ2v) is 5.63. The van der Waals surface area contributed by atoms with Crippen LogP contribution >= 0.6 is 11.6 Å². The molecule has 3 aromatic rings. The molecule has 21 heavy (non-hydrogen) atoms. The van der Waals surface area contributed by atoms with E-state index in [4.69, 9.17) is 11.6 Å². The van der Waals surface area contributed by atoms with E-state index in [1.807, 2.05) is 32.2 Å². The molecule has 0 atom stereocenters. The lowest BCUT2D eigenvalue weighted by Crippen LogP contribution is -2.03. The van der Waals surface area contributed by atoms with Gasteiger partial charge in [0.15, 0.2) is 0 Å². The third kappa shape index (κ3) is 2.89. The van der Waals surface area contributed by atoms with Crippen molar-refractivity contribution in [3.8, 4) is 0 Å². The second-order valence-electron chi connectivity index (χ2n) is 5.19. The van der Waals surface area contributed by atoms with E-state index in [1.165, 1.54) is 10.9 Å². The van der Waals surface area contributed by atoms with Gasteiger partial charge in [-0.25, -0.2) is 0 Å². The summed E-state index contributed by atoms with van der Waals surface area (Å²) in [5.41, 5.74) is 5.68. The second kappa shape index (κ2) is 5.80. The number of hydrogen-bond acceptors (Lipinski definition) is 2. The molecule has 1 aromatic heterocycles. The minimum absolute atomic E-state index is 0.759. The number of anilines is 2. The first-order valence-corrected chi connectivity index (χ1v) is 7.33. The highest BCUT2D eigenvalue weighted by Crippen LogP contribution is 2.27. The maximum Gasteiger partial charge on any atom is 0.0478 e. The third-order valence-electron chi connectivity index (χ3n) is 3.60. The van der Waals surface area contributed by atoms with E-state index in [9.17, 15) is 0 Å². The molecule has 3 N–H and O–H groups in total. The Kier molecular flexibility index (Phi) is 3.86. The number of aryl methyl sites for hydroxylation is 1. The van der Waals surface area contributed by atoms with Crippen molar-refractivity contribution >= 4 is 33.9 Å². The fraction of sp³-hybridized carbons (Fsp3) is 0.176. The molecular weight excluding hydrogens is 282 g/mol. The molecule has 0 aliphatic rings. The molecule has 0 aliphatic carbocycles. The zero-order valence-electron chi connectivity index (χ0n) is 12.1. The summed E-state index contributed by atoms with van der Waals surface area (Å²) < 4.78 is 0. The number of nitrogens with one attached hydrogen (secondary N) is 3. The Hall–Kier alpha value is -1.97. The van der Waals surface area contributed by atoms with Crippen molar-refractivity contribution in [1.82, 2.24) is 10.3 Å². The van der Waals surface area contributed by atoms with Crippen LogP contribution in [0.4, 0.5) is 11.4 Å². The molecule has 4 heteroatoms. The highest BCUT2D eigenvalue weighted by molar-refractivity contribution is 6.30. The van der Waals surface area contributed by atoms with E-state index in [-0.39, 0.29) is 0 Å². The van der Waals surface area contributed by atoms with Crippen LogP contribution in [-0.2, 0) is 6.54 Å². The van der Waals surface area contributed by atoms with Crippen LogP contribution in [0.1, 0.15) is 11.1 Å². The number of halogens is 1. The van der Waals surface area contributed by atoms with Gasteiger partial charge in [-0.05, 0) is 55.4 Å². The number of hydrogen-bond donors (Lipinski definition) is 3. The first-order chi connectivity index (χ1) is 10.2. The molecule has 2 aromatic carbocycles. The molecule has 0 saturated carbocycles. The Morgan fingerprint density at radius 1 is 1.14 bits per heavy atom. The largest absolute Gasteiger partial charge is 0.361 e. The topological polar surface area (TPSA) is 39.9 Å². The Bertz CT molecular complexity index is 777. The lowest BCUT2D eigenvalue weighted by atomic mass is 10.1. The van der Waals surface area contributed by atoms with Crippen molar-refractivity contribution in [1.29, 1.82) is 0 Å². The molecule has 0 fully saturated rings. The van der Waals surface area contributed by atoms with Gasteiger partial charge in [0.25, 0.3) is 0 Å². The van der Waals surface area contributed by atoms with E-state index in [0.29, 0.717) is 0 Å². The Morgan fingerprint density at radius 2 is 2.00 bits per heavy atom. The number of aromatic amines is 1. The van der Waals surface area contributed by atoms with Gasteiger partial charge in [0, 0.05) is 40.0 Å². The van der Waals surface area contributed by atoms with E-state index in [1.54, 1.807) is 0 Å². The zero-order chi connectivity index (χ0) is 14.8. The van der Waals surface area contributed by atoms with Crippen LogP contribution in [0, 0.1) is 6.92 Å². The van der Waals surface area contributed by atoms with Crippen LogP contribution in [-0.4, -0.2) is 12.0 Å². The fourth-order valence-electron chi connectivity index (χ4n) is 2.52. The molecule has 0 saturated heterocycles. The molecule has 0 bridgehead atoms. The number of benzene rings is 2. The lowest BCUT2D eigenvalue weighted by molar-refractivity contribution is 0.823. The van der Waals surface area contributed by atoms with Gasteiger partial charge in [-0.2, -0.15) is 0 Å². The predicted octanol–water partition coefficient (Wildman–Crippen LogP) is 4.59. The van der Waals surface area contributed by atoms with Gasteiger partial charge in [0.05, 0.1) is 0 Å². The minimum atomic E-state index is 0.759. The van der Waals surface area contributed by atoms with Crippen LogP contribution in [0.5, 0.6) is 0 Å². The molecule has 3 nitrogen and oxygen atoms in total. The van der Waals surface area contributed by atoms with Crippen LogP contribution in [0.3, 0.4) is 0 Å². The number of aromatic nitrogens is 1. The van der Waals surface area contributed by atoms with Gasteiger partial charge in [-0.1, -0.05) is 17.7 Å². The highest BCUT2D eigenvalue weighted by atomic mass is 35.5. The van der Waals surface area contributed by atoms with Crippen molar-refractivity contribution in [2.75, 3.05) is 12.4 Å². The van der Waals surface area contributed by atoms with Crippen molar-refractivity contribution in [3.05, 3.63) is 58.7 Å². The molecule has 0 amide bonds. The fourth-order valence-corrected chi connectivity index (χ4v) is 2.75. The monoisotopic (exact) mass is 299 g/mol. The Labute approximate surface area is 129 Å². The number of fused-ring (bicyclic) bond motifs is 1. The summed E-state index contributed by atoms with van der Waals surface area (Å²) in [7, 11) is 1.96. The van der Waals surface area contributed by atoms with Gasteiger partial charge in [0.1, 0.15) is 0 Å². The Balaban J connectivity index is 1.91. The van der Waals surface area contributed by atoms with Crippen LogP contribution < -0.4 is 10.6 Å². The summed E-state index contributed by atoms with van der Waals surface area (Å²) in [5.74, 6) is 0. The van der Waals surface area contributed by atoms with Crippen molar-refractivity contribution < 1.29 is 0 Å². The summed E-state index contributed by atoms with van der Waals surface area (Å²) in [6.07, 6.45) is 2.05. The zero-order valence-corrected chi connectivity index (χ0v) is 12.9. The first kappa shape index (κ1) is 14.0. The summed E-state index contributed by atoms with van der Waals surface area (Å²) >= 11 is 5.99. The number of rotatable bonds is 4. The SMILES string of the molecule is CNCc1c[nH]c2cc(Nc3ccc(Cl)cc3C)ccc12. The van der Waals surface area contributed by atoms with Gasteiger partial charge in [-0.3, -0.25) is 0 Å². The molecule has 3 rings (SSSR count). The van der Waals surface area contributed by atoms with Crippen LogP contribution in [0.25, 0.3) is 10.9 Å². The molecule has 0 aliphatic heterocycles. The van der Waals surface area contributed by atoms with Crippen LogP contribution in [0.15, 0.2) is 42.6 Å². The molecule has 0 spiro atoms. The lowest BCUT2D eigenvalue weighted by Gasteiger charge is -2.10. The van der Waals surface area contributed by atoms with Gasteiger partial charge < -0.3 is 15.6 Å². The quantitative estimate of drug-likeness (QED) is 0.659. The predicted molar refractivity (Wildman–Crippen MR) is 90.5 cm³/mol. The van der Waals surface area contributed by atoms with Crippen molar-refractivity contribution in [3.63, 3.8) is 0 Å². The summed E-state index contributed by atoms with van der Waals surface area (Å²) in [6, 6.07) is 12.2. The van der Waals surface area contributed by atoms with E-state index >= 15 is 0 Å². The maximum absolute atomic E-state index is 5.99. The average Bonchev–Trinajstić information content (AvgIpc) is 2.85. The molecule has 108 valence electrons. The molecule has 0 radical (unpaired) electrons. The summed E-state index contributed by atoms with van der Waals surface area (Å²) in [5, 5.41) is 8.63. The van der Waals surface area contributed by atoms with E-state index in [0.717, 1.165) is 34.0 Å². The van der Waals surface area contributed by atoms with E-state index < -0.39 is 0 Å². The first-order valence-electron chi connectivity index (χ1n) is 6.95. The Morgan fingerprint density at radius 3 is 2.76 bits per heavy atom. The summed E-state index contributed by atoms with van der Waals surface area (Å²) in [4.78, 5) is 3.32. The van der Waals surface area contributed by atoms with Gasteiger partial charge >= 0.3 is 0 Å². The normalized spacial score (nSPS) is 11.0. The van der Waals surface area contributed by atoms with Crippen molar-refractivity contribution in [2.45, 2.75) is 13.5 Å². The van der Waals surface area contributed by atoms with E-state index in [2.05, 4.69) is 40.0 Å². The third-order valence-corrected chi connectivity index (χ3v) is 3.84.